The van der Waals surface area contributed by atoms with Gasteiger partial charge in [-0.1, -0.05) is 103 Å². The number of benzene rings is 1. The lowest BCUT2D eigenvalue weighted by atomic mass is 10.0. The van der Waals surface area contributed by atoms with Gasteiger partial charge in [-0.2, -0.15) is 0 Å². The summed E-state index contributed by atoms with van der Waals surface area (Å²) in [5.74, 6) is -1.15. The Morgan fingerprint density at radius 3 is 1.79 bits per heavy atom. The maximum Gasteiger partial charge on any atom is 0.348 e. The highest BCUT2D eigenvalue weighted by Crippen LogP contribution is 2.17. The van der Waals surface area contributed by atoms with Gasteiger partial charge in [-0.05, 0) is 37.6 Å². The lowest BCUT2D eigenvalue weighted by Crippen LogP contribution is -2.20. The van der Waals surface area contributed by atoms with Gasteiger partial charge in [-0.3, -0.25) is 4.79 Å². The van der Waals surface area contributed by atoms with E-state index in [-0.39, 0.29) is 17.3 Å². The molecule has 0 saturated carbocycles. The quantitative estimate of drug-likeness (QED) is 0.0796. The molecule has 1 aliphatic heterocycles. The Morgan fingerprint density at radius 1 is 0.789 bits per heavy atom. The van der Waals surface area contributed by atoms with E-state index in [2.05, 4.69) is 12.2 Å². The van der Waals surface area contributed by atoms with Gasteiger partial charge in [0, 0.05) is 18.0 Å². The maximum absolute atomic E-state index is 12.3. The second-order valence-electron chi connectivity index (χ2n) is 10.2. The zero-order valence-corrected chi connectivity index (χ0v) is 23.5. The third-order valence-electron chi connectivity index (χ3n) is 6.81. The molecule has 0 bridgehead atoms. The summed E-state index contributed by atoms with van der Waals surface area (Å²) in [6.07, 6.45) is 23.6. The molecule has 1 aliphatic rings. The van der Waals surface area contributed by atoms with Crippen molar-refractivity contribution in [3.05, 3.63) is 53.4 Å². The number of cyclic esters (lactones) is 1. The predicted molar refractivity (Wildman–Crippen MR) is 153 cm³/mol. The first kappa shape index (κ1) is 31.3. The van der Waals surface area contributed by atoms with E-state index in [0.717, 1.165) is 12.8 Å². The number of allylic oxidation sites excluding steroid dienone is 2. The highest BCUT2D eigenvalue weighted by molar-refractivity contribution is 6.23. The molecule has 0 spiro atoms. The molecule has 0 atom stereocenters. The first-order chi connectivity index (χ1) is 18.5. The fraction of sp³-hybridized carbons (Fsp3) is 0.594. The van der Waals surface area contributed by atoms with E-state index < -0.39 is 11.8 Å². The lowest BCUT2D eigenvalue weighted by Gasteiger charge is -2.12. The molecule has 0 fully saturated rings. The Kier molecular flexibility index (Phi) is 15.8. The van der Waals surface area contributed by atoms with Gasteiger partial charge in [0.1, 0.15) is 11.3 Å². The van der Waals surface area contributed by atoms with Crippen LogP contribution in [0.5, 0.6) is 0 Å². The summed E-state index contributed by atoms with van der Waals surface area (Å²) in [4.78, 5) is 36.0. The molecule has 1 aromatic rings. The van der Waals surface area contributed by atoms with Gasteiger partial charge in [-0.15, -0.1) is 0 Å². The number of anilines is 1. The molecule has 1 aromatic carbocycles. The maximum atomic E-state index is 12.3. The molecule has 210 valence electrons. The second-order valence-corrected chi connectivity index (χ2v) is 10.2. The second kappa shape index (κ2) is 19.2. The van der Waals surface area contributed by atoms with E-state index in [1.165, 1.54) is 102 Å². The van der Waals surface area contributed by atoms with Crippen LogP contribution in [0.4, 0.5) is 5.69 Å². The standard InChI is InChI=1S/C32H47NO5/c1-3-4-5-6-7-8-9-10-11-12-13-14-15-16-17-18-23-37-31(35)27-19-21-28(22-20-27)33-25-29-30(34)24-26(2)38-32(29)36/h19-22,24-25,33H,3-18,23H2,1-2H3. The van der Waals surface area contributed by atoms with Crippen molar-refractivity contribution in [2.24, 2.45) is 0 Å². The molecule has 0 radical (unpaired) electrons. The van der Waals surface area contributed by atoms with E-state index in [9.17, 15) is 14.4 Å². The van der Waals surface area contributed by atoms with Crippen LogP contribution in [0.1, 0.15) is 127 Å². The van der Waals surface area contributed by atoms with Crippen LogP contribution in [-0.4, -0.2) is 24.3 Å². The van der Waals surface area contributed by atoms with Crippen LogP contribution in [0.2, 0.25) is 0 Å². The van der Waals surface area contributed by atoms with E-state index in [1.807, 2.05) is 0 Å². The molecule has 38 heavy (non-hydrogen) atoms. The lowest BCUT2D eigenvalue weighted by molar-refractivity contribution is -0.137. The van der Waals surface area contributed by atoms with Gasteiger partial charge >= 0.3 is 11.9 Å². The minimum Gasteiger partial charge on any atom is -0.462 e. The average molecular weight is 526 g/mol. The van der Waals surface area contributed by atoms with E-state index in [1.54, 1.807) is 31.2 Å². The fourth-order valence-electron chi connectivity index (χ4n) is 4.48. The number of rotatable bonds is 20. The van der Waals surface area contributed by atoms with Crippen molar-refractivity contribution in [1.29, 1.82) is 0 Å². The molecule has 0 aromatic heterocycles. The molecule has 6 heteroatoms. The van der Waals surface area contributed by atoms with Gasteiger partial charge in [-0.25, -0.2) is 9.59 Å². The van der Waals surface area contributed by atoms with Crippen LogP contribution < -0.4 is 5.32 Å². The Bertz CT molecular complexity index is 916. The normalized spacial score (nSPS) is 14.4. The minimum atomic E-state index is -0.684. The molecule has 6 nitrogen and oxygen atoms in total. The van der Waals surface area contributed by atoms with Crippen LogP contribution in [-0.2, 0) is 19.1 Å². The largest absolute Gasteiger partial charge is 0.462 e. The van der Waals surface area contributed by atoms with E-state index in [4.69, 9.17) is 9.47 Å². The predicted octanol–water partition coefficient (Wildman–Crippen LogP) is 8.43. The number of hydrogen-bond donors (Lipinski definition) is 1. The zero-order valence-electron chi connectivity index (χ0n) is 23.5. The summed E-state index contributed by atoms with van der Waals surface area (Å²) in [6.45, 7) is 4.25. The summed E-state index contributed by atoms with van der Waals surface area (Å²) >= 11 is 0. The van der Waals surface area contributed by atoms with Crippen molar-refractivity contribution in [2.75, 3.05) is 11.9 Å². The Balaban J connectivity index is 1.46. The number of unbranched alkanes of at least 4 members (excludes halogenated alkanes) is 15. The molecule has 1 heterocycles. The number of carbonyl (C=O) groups is 3. The summed E-state index contributed by atoms with van der Waals surface area (Å²) in [5, 5.41) is 2.89. The molecule has 0 aliphatic carbocycles. The Labute approximate surface area is 229 Å². The average Bonchev–Trinajstić information content (AvgIpc) is 2.90. The van der Waals surface area contributed by atoms with Crippen LogP contribution >= 0.6 is 0 Å². The number of ketones is 1. The van der Waals surface area contributed by atoms with Crippen LogP contribution in [0.25, 0.3) is 0 Å². The van der Waals surface area contributed by atoms with Crippen LogP contribution in [0.15, 0.2) is 47.9 Å². The summed E-state index contributed by atoms with van der Waals surface area (Å²) in [7, 11) is 0. The van der Waals surface area contributed by atoms with Crippen molar-refractivity contribution >= 4 is 23.4 Å². The van der Waals surface area contributed by atoms with Gasteiger partial charge in [0.2, 0.25) is 0 Å². The van der Waals surface area contributed by atoms with Crippen molar-refractivity contribution in [3.8, 4) is 0 Å². The first-order valence-electron chi connectivity index (χ1n) is 14.7. The van der Waals surface area contributed by atoms with Gasteiger partial charge in [0.25, 0.3) is 0 Å². The smallest absolute Gasteiger partial charge is 0.348 e. The number of carbonyl (C=O) groups excluding carboxylic acids is 3. The fourth-order valence-corrected chi connectivity index (χ4v) is 4.48. The van der Waals surface area contributed by atoms with Gasteiger partial charge in [0.15, 0.2) is 5.78 Å². The summed E-state index contributed by atoms with van der Waals surface area (Å²) in [5.41, 5.74) is 1.03. The number of esters is 2. The van der Waals surface area contributed by atoms with Crippen LogP contribution in [0.3, 0.4) is 0 Å². The molecule has 2 rings (SSSR count). The van der Waals surface area contributed by atoms with Crippen molar-refractivity contribution in [1.82, 2.24) is 0 Å². The Morgan fingerprint density at radius 2 is 1.29 bits per heavy atom. The number of nitrogens with one attached hydrogen (secondary N) is 1. The van der Waals surface area contributed by atoms with E-state index in [0.29, 0.717) is 17.9 Å². The summed E-state index contributed by atoms with van der Waals surface area (Å²) in [6, 6.07) is 6.70. The van der Waals surface area contributed by atoms with Crippen LogP contribution in [0, 0.1) is 0 Å². The van der Waals surface area contributed by atoms with Gasteiger partial charge < -0.3 is 14.8 Å². The monoisotopic (exact) mass is 525 g/mol. The Hall–Kier alpha value is -2.89. The van der Waals surface area contributed by atoms with E-state index >= 15 is 0 Å². The highest BCUT2D eigenvalue weighted by atomic mass is 16.5. The molecular weight excluding hydrogens is 478 g/mol. The minimum absolute atomic E-state index is 0.0714. The van der Waals surface area contributed by atoms with Crippen molar-refractivity contribution < 1.29 is 23.9 Å². The molecule has 0 amide bonds. The van der Waals surface area contributed by atoms with Crippen molar-refractivity contribution in [3.63, 3.8) is 0 Å². The zero-order chi connectivity index (χ0) is 27.4. The molecule has 1 N–H and O–H groups in total. The first-order valence-corrected chi connectivity index (χ1v) is 14.7. The van der Waals surface area contributed by atoms with Gasteiger partial charge in [0.05, 0.1) is 12.2 Å². The third kappa shape index (κ3) is 13.1. The molecule has 0 saturated heterocycles. The number of ether oxygens (including phenoxy) is 2. The number of hydrogen-bond acceptors (Lipinski definition) is 6. The van der Waals surface area contributed by atoms with Crippen molar-refractivity contribution in [2.45, 2.75) is 117 Å². The summed E-state index contributed by atoms with van der Waals surface area (Å²) < 4.78 is 10.3. The molecule has 0 unspecified atom stereocenters. The third-order valence-corrected chi connectivity index (χ3v) is 6.81. The topological polar surface area (TPSA) is 81.7 Å². The highest BCUT2D eigenvalue weighted by Gasteiger charge is 2.24. The SMILES string of the molecule is CCCCCCCCCCCCCCCCCCOC(=O)c1ccc(NC=C2C(=O)C=C(C)OC2=O)cc1. The molecular formula is C32H47NO5.